The molecule has 1 unspecified atom stereocenters. The standard InChI is InChI=1S/C12H18F3N3O/c1-8(19)5-6-18(2)11-9(7-16)3-4-10(17-11)12(13,14)15/h3-4,8,19H,5-7,16H2,1-2H3. The van der Waals surface area contributed by atoms with Gasteiger partial charge < -0.3 is 15.7 Å². The minimum atomic E-state index is -4.48. The molecule has 1 heterocycles. The summed E-state index contributed by atoms with van der Waals surface area (Å²) in [5.74, 6) is 0.206. The Balaban J connectivity index is 3.02. The summed E-state index contributed by atoms with van der Waals surface area (Å²) >= 11 is 0. The molecule has 4 nitrogen and oxygen atoms in total. The second kappa shape index (κ2) is 6.21. The van der Waals surface area contributed by atoms with Crippen LogP contribution in [0.1, 0.15) is 24.6 Å². The van der Waals surface area contributed by atoms with E-state index >= 15 is 0 Å². The van der Waals surface area contributed by atoms with Crippen LogP contribution in [-0.4, -0.2) is 29.8 Å². The second-order valence-corrected chi connectivity index (χ2v) is 4.44. The van der Waals surface area contributed by atoms with Crippen molar-refractivity contribution in [1.82, 2.24) is 4.98 Å². The highest BCUT2D eigenvalue weighted by Crippen LogP contribution is 2.30. The SMILES string of the molecule is CC(O)CCN(C)c1nc(C(F)(F)F)ccc1CN. The minimum absolute atomic E-state index is 0.111. The molecule has 0 aromatic carbocycles. The number of anilines is 1. The van der Waals surface area contributed by atoms with Crippen LogP contribution in [0, 0.1) is 0 Å². The number of hydrogen-bond acceptors (Lipinski definition) is 4. The molecule has 0 amide bonds. The molecule has 0 fully saturated rings. The van der Waals surface area contributed by atoms with Gasteiger partial charge in [0.2, 0.25) is 0 Å². The predicted molar refractivity (Wildman–Crippen MR) is 66.7 cm³/mol. The maximum atomic E-state index is 12.6. The van der Waals surface area contributed by atoms with Crippen LogP contribution in [0.15, 0.2) is 12.1 Å². The van der Waals surface area contributed by atoms with Gasteiger partial charge in [-0.3, -0.25) is 0 Å². The van der Waals surface area contributed by atoms with Gasteiger partial charge in [0.05, 0.1) is 6.10 Å². The van der Waals surface area contributed by atoms with Gasteiger partial charge in [0.15, 0.2) is 0 Å². The first-order chi connectivity index (χ1) is 8.75. The van der Waals surface area contributed by atoms with E-state index in [1.54, 1.807) is 18.9 Å². The normalized spacial score (nSPS) is 13.4. The van der Waals surface area contributed by atoms with Crippen LogP contribution in [0.2, 0.25) is 0 Å². The van der Waals surface area contributed by atoms with Gasteiger partial charge in [0, 0.05) is 25.7 Å². The summed E-state index contributed by atoms with van der Waals surface area (Å²) in [4.78, 5) is 5.21. The maximum absolute atomic E-state index is 12.6. The first kappa shape index (κ1) is 15.7. The fraction of sp³-hybridized carbons (Fsp3) is 0.583. The predicted octanol–water partition coefficient (Wildman–Crippen LogP) is 1.77. The Morgan fingerprint density at radius 1 is 1.42 bits per heavy atom. The zero-order valence-electron chi connectivity index (χ0n) is 10.9. The minimum Gasteiger partial charge on any atom is -0.393 e. The van der Waals surface area contributed by atoms with Crippen molar-refractivity contribution in [2.45, 2.75) is 32.2 Å². The Labute approximate surface area is 110 Å². The molecule has 108 valence electrons. The number of rotatable bonds is 5. The fourth-order valence-electron chi connectivity index (χ4n) is 1.61. The largest absolute Gasteiger partial charge is 0.433 e. The lowest BCUT2D eigenvalue weighted by atomic mass is 10.2. The Kier molecular flexibility index (Phi) is 5.13. The van der Waals surface area contributed by atoms with Crippen LogP contribution in [0.3, 0.4) is 0 Å². The van der Waals surface area contributed by atoms with Crippen LogP contribution >= 0.6 is 0 Å². The molecule has 19 heavy (non-hydrogen) atoms. The van der Waals surface area contributed by atoms with Crippen molar-refractivity contribution in [3.8, 4) is 0 Å². The molecule has 1 aromatic rings. The number of alkyl halides is 3. The average molecular weight is 277 g/mol. The molecule has 1 rings (SSSR count). The summed E-state index contributed by atoms with van der Waals surface area (Å²) < 4.78 is 37.9. The van der Waals surface area contributed by atoms with Crippen molar-refractivity contribution in [2.75, 3.05) is 18.5 Å². The van der Waals surface area contributed by atoms with Crippen molar-refractivity contribution in [3.05, 3.63) is 23.4 Å². The van der Waals surface area contributed by atoms with Crippen molar-refractivity contribution >= 4 is 5.82 Å². The highest BCUT2D eigenvalue weighted by atomic mass is 19.4. The number of aromatic nitrogens is 1. The molecule has 0 bridgehead atoms. The molecule has 3 N–H and O–H groups in total. The highest BCUT2D eigenvalue weighted by Gasteiger charge is 2.33. The number of aliphatic hydroxyl groups is 1. The van der Waals surface area contributed by atoms with Gasteiger partial charge in [-0.05, 0) is 19.4 Å². The second-order valence-electron chi connectivity index (χ2n) is 4.44. The van der Waals surface area contributed by atoms with Gasteiger partial charge in [-0.2, -0.15) is 13.2 Å². The lowest BCUT2D eigenvalue weighted by Gasteiger charge is -2.22. The summed E-state index contributed by atoms with van der Waals surface area (Å²) in [7, 11) is 1.63. The Morgan fingerprint density at radius 3 is 2.53 bits per heavy atom. The molecule has 1 aromatic heterocycles. The molecule has 0 aliphatic carbocycles. The van der Waals surface area contributed by atoms with Crippen LogP contribution in [0.5, 0.6) is 0 Å². The summed E-state index contributed by atoms with van der Waals surface area (Å²) in [6.07, 6.45) is -4.56. The topological polar surface area (TPSA) is 62.4 Å². The van der Waals surface area contributed by atoms with Gasteiger partial charge in [-0.25, -0.2) is 4.98 Å². The molecule has 0 radical (unpaired) electrons. The molecular weight excluding hydrogens is 259 g/mol. The van der Waals surface area contributed by atoms with E-state index in [1.165, 1.54) is 6.07 Å². The van der Waals surface area contributed by atoms with Crippen molar-refractivity contribution in [1.29, 1.82) is 0 Å². The number of halogens is 3. The lowest BCUT2D eigenvalue weighted by molar-refractivity contribution is -0.141. The van der Waals surface area contributed by atoms with E-state index in [9.17, 15) is 18.3 Å². The molecule has 0 spiro atoms. The van der Waals surface area contributed by atoms with E-state index in [4.69, 9.17) is 5.73 Å². The highest BCUT2D eigenvalue weighted by molar-refractivity contribution is 5.47. The molecular formula is C12H18F3N3O. The van der Waals surface area contributed by atoms with Gasteiger partial charge in [0.1, 0.15) is 11.5 Å². The van der Waals surface area contributed by atoms with Gasteiger partial charge >= 0.3 is 6.18 Å². The van der Waals surface area contributed by atoms with E-state index in [0.29, 0.717) is 18.5 Å². The third-order valence-corrected chi connectivity index (χ3v) is 2.71. The molecule has 7 heteroatoms. The maximum Gasteiger partial charge on any atom is 0.433 e. The van der Waals surface area contributed by atoms with Gasteiger partial charge in [-0.1, -0.05) is 6.07 Å². The van der Waals surface area contributed by atoms with Crippen molar-refractivity contribution in [2.24, 2.45) is 5.73 Å². The van der Waals surface area contributed by atoms with Gasteiger partial charge in [0.25, 0.3) is 0 Å². The van der Waals surface area contributed by atoms with Crippen LogP contribution < -0.4 is 10.6 Å². The van der Waals surface area contributed by atoms with Crippen molar-refractivity contribution in [3.63, 3.8) is 0 Å². The number of hydrogen-bond donors (Lipinski definition) is 2. The van der Waals surface area contributed by atoms with Crippen LogP contribution in [-0.2, 0) is 12.7 Å². The Bertz CT molecular complexity index is 421. The zero-order valence-corrected chi connectivity index (χ0v) is 10.9. The number of nitrogens with zero attached hydrogens (tertiary/aromatic N) is 2. The van der Waals surface area contributed by atoms with E-state index < -0.39 is 18.0 Å². The number of pyridine rings is 1. The van der Waals surface area contributed by atoms with Crippen molar-refractivity contribution < 1.29 is 18.3 Å². The summed E-state index contributed by atoms with van der Waals surface area (Å²) in [6, 6.07) is 2.26. The first-order valence-electron chi connectivity index (χ1n) is 5.92. The Hall–Kier alpha value is -1.34. The third-order valence-electron chi connectivity index (χ3n) is 2.71. The zero-order chi connectivity index (χ0) is 14.6. The average Bonchev–Trinajstić information content (AvgIpc) is 2.33. The van der Waals surface area contributed by atoms with E-state index in [1.807, 2.05) is 0 Å². The lowest BCUT2D eigenvalue weighted by Crippen LogP contribution is -2.25. The third kappa shape index (κ3) is 4.36. The number of nitrogens with two attached hydrogens (primary N) is 1. The fourth-order valence-corrected chi connectivity index (χ4v) is 1.61. The molecule has 0 aliphatic rings. The van der Waals surface area contributed by atoms with E-state index in [2.05, 4.69) is 4.98 Å². The summed E-state index contributed by atoms with van der Waals surface area (Å²) in [6.45, 7) is 2.13. The number of aliphatic hydroxyl groups excluding tert-OH is 1. The molecule has 0 saturated heterocycles. The van der Waals surface area contributed by atoms with Gasteiger partial charge in [-0.15, -0.1) is 0 Å². The van der Waals surface area contributed by atoms with E-state index in [-0.39, 0.29) is 12.4 Å². The monoisotopic (exact) mass is 277 g/mol. The van der Waals surface area contributed by atoms with Crippen LogP contribution in [0.4, 0.5) is 19.0 Å². The van der Waals surface area contributed by atoms with E-state index in [0.717, 1.165) is 6.07 Å². The Morgan fingerprint density at radius 2 is 2.05 bits per heavy atom. The summed E-state index contributed by atoms with van der Waals surface area (Å²) in [5.41, 5.74) is 5.11. The smallest absolute Gasteiger partial charge is 0.393 e. The molecule has 0 saturated carbocycles. The molecule has 1 atom stereocenters. The molecule has 0 aliphatic heterocycles. The first-order valence-corrected chi connectivity index (χ1v) is 5.92. The quantitative estimate of drug-likeness (QED) is 0.861. The van der Waals surface area contributed by atoms with Crippen LogP contribution in [0.25, 0.3) is 0 Å². The summed E-state index contributed by atoms with van der Waals surface area (Å²) in [5, 5.41) is 9.21.